The van der Waals surface area contributed by atoms with E-state index in [2.05, 4.69) is 4.94 Å². The third-order valence-electron chi connectivity index (χ3n) is 1.66. The minimum absolute atomic E-state index is 0.0920. The number of carbonyl (C=O) groups is 2. The van der Waals surface area contributed by atoms with E-state index in [0.29, 0.717) is 6.08 Å². The highest BCUT2D eigenvalue weighted by Gasteiger charge is 2.01. The first-order chi connectivity index (χ1) is 7.72. The fourth-order valence-corrected chi connectivity index (χ4v) is 0.939. The SMILES string of the molecule is O=C(/C=C/C(=O)OCc1ccccc1)OF. The molecule has 0 aliphatic carbocycles. The van der Waals surface area contributed by atoms with Crippen molar-refractivity contribution in [2.45, 2.75) is 6.61 Å². The molecule has 0 aliphatic rings. The summed E-state index contributed by atoms with van der Waals surface area (Å²) in [6.45, 7) is 0.0920. The van der Waals surface area contributed by atoms with E-state index in [1.807, 2.05) is 6.07 Å². The van der Waals surface area contributed by atoms with Crippen LogP contribution < -0.4 is 0 Å². The fourth-order valence-electron chi connectivity index (χ4n) is 0.939. The lowest BCUT2D eigenvalue weighted by atomic mass is 10.2. The Morgan fingerprint density at radius 2 is 1.75 bits per heavy atom. The van der Waals surface area contributed by atoms with Gasteiger partial charge in [0.05, 0.1) is 0 Å². The average molecular weight is 224 g/mol. The van der Waals surface area contributed by atoms with Crippen molar-refractivity contribution >= 4 is 11.9 Å². The van der Waals surface area contributed by atoms with Gasteiger partial charge in [0, 0.05) is 16.7 Å². The van der Waals surface area contributed by atoms with E-state index >= 15 is 0 Å². The lowest BCUT2D eigenvalue weighted by molar-refractivity contribution is -0.176. The Balaban J connectivity index is 2.36. The molecule has 0 radical (unpaired) electrons. The summed E-state index contributed by atoms with van der Waals surface area (Å²) in [5, 5.41) is 0. The van der Waals surface area contributed by atoms with Crippen molar-refractivity contribution in [1.29, 1.82) is 0 Å². The molecule has 16 heavy (non-hydrogen) atoms. The Bertz CT molecular complexity index is 386. The van der Waals surface area contributed by atoms with Crippen LogP contribution in [0, 0.1) is 0 Å². The molecule has 0 amide bonds. The maximum absolute atomic E-state index is 11.2. The normalized spacial score (nSPS) is 10.1. The molecule has 0 saturated heterocycles. The first-order valence-electron chi connectivity index (χ1n) is 4.43. The van der Waals surface area contributed by atoms with Gasteiger partial charge in [-0.2, -0.15) is 0 Å². The van der Waals surface area contributed by atoms with Gasteiger partial charge in [0.2, 0.25) is 0 Å². The van der Waals surface area contributed by atoms with Crippen LogP contribution in [0.25, 0.3) is 0 Å². The molecule has 0 aromatic heterocycles. The van der Waals surface area contributed by atoms with Crippen molar-refractivity contribution in [1.82, 2.24) is 0 Å². The molecule has 0 saturated carbocycles. The smallest absolute Gasteiger partial charge is 0.372 e. The highest BCUT2D eigenvalue weighted by Crippen LogP contribution is 2.00. The maximum atomic E-state index is 11.2. The summed E-state index contributed by atoms with van der Waals surface area (Å²) in [6, 6.07) is 9.01. The van der Waals surface area contributed by atoms with Crippen molar-refractivity contribution in [3.05, 3.63) is 48.0 Å². The molecule has 5 heteroatoms. The predicted octanol–water partition coefficient (Wildman–Crippen LogP) is 1.71. The Morgan fingerprint density at radius 3 is 2.38 bits per heavy atom. The van der Waals surface area contributed by atoms with Crippen LogP contribution in [0.15, 0.2) is 42.5 Å². The topological polar surface area (TPSA) is 52.6 Å². The summed E-state index contributed by atoms with van der Waals surface area (Å²) in [5.74, 6) is -1.99. The molecule has 0 bridgehead atoms. The van der Waals surface area contributed by atoms with E-state index in [-0.39, 0.29) is 6.61 Å². The minimum atomic E-state index is -1.25. The van der Waals surface area contributed by atoms with Crippen LogP contribution in [0.5, 0.6) is 0 Å². The van der Waals surface area contributed by atoms with E-state index in [9.17, 15) is 14.1 Å². The summed E-state index contributed by atoms with van der Waals surface area (Å²) >= 11 is 0. The van der Waals surface area contributed by atoms with Crippen LogP contribution in [-0.2, 0) is 25.9 Å². The first kappa shape index (κ1) is 11.9. The number of carbonyl (C=O) groups excluding carboxylic acids is 2. The van der Waals surface area contributed by atoms with E-state index < -0.39 is 11.9 Å². The molecule has 0 heterocycles. The summed E-state index contributed by atoms with van der Waals surface area (Å²) in [6.07, 6.45) is 1.44. The van der Waals surface area contributed by atoms with Gasteiger partial charge in [-0.25, -0.2) is 9.59 Å². The number of benzene rings is 1. The molecule has 1 aromatic carbocycles. The van der Waals surface area contributed by atoms with E-state index in [0.717, 1.165) is 11.6 Å². The van der Waals surface area contributed by atoms with Crippen molar-refractivity contribution < 1.29 is 23.8 Å². The standard InChI is InChI=1S/C11H9FO4/c12-16-11(14)7-6-10(13)15-8-9-4-2-1-3-5-9/h1-7H,8H2/b7-6+. The monoisotopic (exact) mass is 224 g/mol. The van der Waals surface area contributed by atoms with Gasteiger partial charge in [0.25, 0.3) is 0 Å². The predicted molar refractivity (Wildman–Crippen MR) is 52.6 cm³/mol. The van der Waals surface area contributed by atoms with Crippen LogP contribution in [0.2, 0.25) is 0 Å². The summed E-state index contributed by atoms with van der Waals surface area (Å²) in [4.78, 5) is 24.1. The van der Waals surface area contributed by atoms with Crippen LogP contribution in [0.1, 0.15) is 5.56 Å². The second-order valence-corrected chi connectivity index (χ2v) is 2.82. The fraction of sp³-hybridized carbons (Fsp3) is 0.0909. The van der Waals surface area contributed by atoms with Gasteiger partial charge >= 0.3 is 11.9 Å². The van der Waals surface area contributed by atoms with Gasteiger partial charge < -0.3 is 4.74 Å². The Labute approximate surface area is 91.2 Å². The van der Waals surface area contributed by atoms with E-state index in [1.165, 1.54) is 0 Å². The van der Waals surface area contributed by atoms with Gasteiger partial charge in [-0.1, -0.05) is 30.3 Å². The van der Waals surface area contributed by atoms with Crippen LogP contribution >= 0.6 is 0 Å². The lowest BCUT2D eigenvalue weighted by Gasteiger charge is -2.00. The third kappa shape index (κ3) is 4.36. The first-order valence-corrected chi connectivity index (χ1v) is 4.43. The third-order valence-corrected chi connectivity index (χ3v) is 1.66. The molecule has 1 rings (SSSR count). The molecule has 0 unspecified atom stereocenters. The Morgan fingerprint density at radius 1 is 1.12 bits per heavy atom. The lowest BCUT2D eigenvalue weighted by Crippen LogP contribution is -2.02. The van der Waals surface area contributed by atoms with Crippen LogP contribution in [0.3, 0.4) is 0 Å². The molecule has 1 aromatic rings. The highest BCUT2D eigenvalue weighted by atomic mass is 19.3. The molecule has 0 N–H and O–H groups in total. The number of ether oxygens (including phenoxy) is 1. The molecule has 0 spiro atoms. The van der Waals surface area contributed by atoms with E-state index in [4.69, 9.17) is 4.74 Å². The molecule has 0 atom stereocenters. The average Bonchev–Trinajstić information content (AvgIpc) is 2.34. The maximum Gasteiger partial charge on any atom is 0.372 e. The molecule has 4 nitrogen and oxygen atoms in total. The van der Waals surface area contributed by atoms with E-state index in [1.54, 1.807) is 24.3 Å². The Kier molecular flexibility index (Phi) is 4.72. The van der Waals surface area contributed by atoms with Crippen molar-refractivity contribution in [3.63, 3.8) is 0 Å². The largest absolute Gasteiger partial charge is 0.458 e. The molecular formula is C11H9FO4. The van der Waals surface area contributed by atoms with Gasteiger partial charge in [-0.3, -0.25) is 4.94 Å². The van der Waals surface area contributed by atoms with Gasteiger partial charge in [-0.05, 0) is 5.56 Å². The number of halogens is 1. The Hall–Kier alpha value is -2.17. The van der Waals surface area contributed by atoms with Crippen LogP contribution in [-0.4, -0.2) is 11.9 Å². The summed E-state index contributed by atoms with van der Waals surface area (Å²) < 4.78 is 16.0. The van der Waals surface area contributed by atoms with Crippen molar-refractivity contribution in [2.24, 2.45) is 0 Å². The van der Waals surface area contributed by atoms with Crippen molar-refractivity contribution in [2.75, 3.05) is 0 Å². The molecule has 0 fully saturated rings. The summed E-state index contributed by atoms with van der Waals surface area (Å²) in [7, 11) is 0. The number of hydrogen-bond acceptors (Lipinski definition) is 4. The molecule has 0 aliphatic heterocycles. The van der Waals surface area contributed by atoms with Crippen LogP contribution in [0.4, 0.5) is 4.53 Å². The number of hydrogen-bond donors (Lipinski definition) is 0. The molecular weight excluding hydrogens is 215 g/mol. The second kappa shape index (κ2) is 6.34. The molecule has 84 valence electrons. The quantitative estimate of drug-likeness (QED) is 0.577. The number of esters is 1. The van der Waals surface area contributed by atoms with Gasteiger partial charge in [0.1, 0.15) is 6.61 Å². The zero-order chi connectivity index (χ0) is 11.8. The zero-order valence-electron chi connectivity index (χ0n) is 8.26. The van der Waals surface area contributed by atoms with Crippen molar-refractivity contribution in [3.8, 4) is 0 Å². The van der Waals surface area contributed by atoms with Gasteiger partial charge in [0.15, 0.2) is 0 Å². The zero-order valence-corrected chi connectivity index (χ0v) is 8.26. The summed E-state index contributed by atoms with van der Waals surface area (Å²) in [5.41, 5.74) is 0.817. The minimum Gasteiger partial charge on any atom is -0.458 e. The van der Waals surface area contributed by atoms with Gasteiger partial charge in [-0.15, -0.1) is 0 Å². The second-order valence-electron chi connectivity index (χ2n) is 2.82. The number of rotatable bonds is 4. The highest BCUT2D eigenvalue weighted by molar-refractivity contribution is 5.91.